The third kappa shape index (κ3) is 3.66. The highest BCUT2D eigenvalue weighted by Crippen LogP contribution is 2.38. The lowest BCUT2D eigenvalue weighted by molar-refractivity contribution is 0.469. The molecule has 3 rings (SSSR count). The average Bonchev–Trinajstić information content (AvgIpc) is 3.23. The van der Waals surface area contributed by atoms with E-state index in [-0.39, 0.29) is 0 Å². The van der Waals surface area contributed by atoms with E-state index in [9.17, 15) is 0 Å². The predicted molar refractivity (Wildman–Crippen MR) is 102 cm³/mol. The Labute approximate surface area is 144 Å². The molecule has 3 nitrogen and oxygen atoms in total. The van der Waals surface area contributed by atoms with Crippen LogP contribution in [0.3, 0.4) is 0 Å². The van der Waals surface area contributed by atoms with Crippen molar-refractivity contribution in [1.29, 1.82) is 0 Å². The maximum atomic E-state index is 4.52. The Balaban J connectivity index is 1.96. The first-order valence-corrected chi connectivity index (χ1v) is 8.97. The van der Waals surface area contributed by atoms with E-state index in [1.807, 2.05) is 32.3 Å². The quantitative estimate of drug-likeness (QED) is 0.672. The second-order valence-corrected chi connectivity index (χ2v) is 6.79. The van der Waals surface area contributed by atoms with Gasteiger partial charge < -0.3 is 4.98 Å². The fourth-order valence-corrected chi connectivity index (χ4v) is 3.77. The Morgan fingerprint density at radius 2 is 2.17 bits per heavy atom. The molecule has 2 heterocycles. The molecule has 1 saturated carbocycles. The molecule has 1 atom stereocenters. The summed E-state index contributed by atoms with van der Waals surface area (Å²) < 4.78 is 0. The van der Waals surface area contributed by atoms with Crippen molar-refractivity contribution in [3.63, 3.8) is 0 Å². The Kier molecular flexibility index (Phi) is 5.29. The summed E-state index contributed by atoms with van der Waals surface area (Å²) in [5, 5.41) is 0. The monoisotopic (exact) mass is 321 g/mol. The summed E-state index contributed by atoms with van der Waals surface area (Å²) in [6.07, 6.45) is 12.4. The smallest absolute Gasteiger partial charge is 0.137 e. The summed E-state index contributed by atoms with van der Waals surface area (Å²) in [4.78, 5) is 12.5. The largest absolute Gasteiger partial charge is 0.343 e. The Morgan fingerprint density at radius 1 is 1.38 bits per heavy atom. The minimum atomic E-state index is 0.348. The van der Waals surface area contributed by atoms with Gasteiger partial charge in [-0.05, 0) is 43.9 Å². The lowest BCUT2D eigenvalue weighted by Crippen LogP contribution is -2.08. The zero-order valence-corrected chi connectivity index (χ0v) is 14.8. The topological polar surface area (TPSA) is 41.0 Å². The molecule has 0 spiro atoms. The molecular formula is C21H27N3. The van der Waals surface area contributed by atoms with Crippen molar-refractivity contribution in [1.82, 2.24) is 9.97 Å². The van der Waals surface area contributed by atoms with Gasteiger partial charge >= 0.3 is 0 Å². The molecule has 2 aromatic rings. The van der Waals surface area contributed by atoms with Gasteiger partial charge in [0.2, 0.25) is 0 Å². The maximum absolute atomic E-state index is 4.52. The van der Waals surface area contributed by atoms with Gasteiger partial charge in [-0.1, -0.05) is 44.4 Å². The van der Waals surface area contributed by atoms with Gasteiger partial charge in [0.25, 0.3) is 0 Å². The molecule has 1 aliphatic carbocycles. The van der Waals surface area contributed by atoms with Crippen LogP contribution in [0, 0.1) is 12.8 Å². The fraction of sp³-hybridized carbons (Fsp3) is 0.429. The number of hydrogen-bond donors (Lipinski definition) is 1. The van der Waals surface area contributed by atoms with E-state index in [1.54, 1.807) is 0 Å². The van der Waals surface area contributed by atoms with Crippen LogP contribution < -0.4 is 0 Å². The fourth-order valence-electron chi connectivity index (χ4n) is 3.77. The van der Waals surface area contributed by atoms with E-state index < -0.39 is 0 Å². The Bertz CT molecular complexity index is 703. The molecule has 1 fully saturated rings. The van der Waals surface area contributed by atoms with Crippen molar-refractivity contribution in [2.45, 2.75) is 51.9 Å². The summed E-state index contributed by atoms with van der Waals surface area (Å²) >= 11 is 0. The standard InChI is InChI=1S/C21H27N3/c1-4-17-13-20(24-21(17)22-5-2)19(12-16-8-6-7-9-16)18-11-10-15(3)23-14-18/h4-5,10-11,13-14,16,19,24H,1,6-9,12H2,2-3H3/b22-5-. The third-order valence-electron chi connectivity index (χ3n) is 5.08. The zero-order valence-electron chi connectivity index (χ0n) is 14.8. The molecule has 126 valence electrons. The predicted octanol–water partition coefficient (Wildman–Crippen LogP) is 5.80. The second-order valence-electron chi connectivity index (χ2n) is 6.79. The highest BCUT2D eigenvalue weighted by atomic mass is 14.9. The number of hydrogen-bond acceptors (Lipinski definition) is 2. The molecule has 0 aromatic carbocycles. The number of aryl methyl sites for hydroxylation is 1. The molecule has 0 saturated heterocycles. The van der Waals surface area contributed by atoms with Crippen LogP contribution in [0.4, 0.5) is 5.82 Å². The highest BCUT2D eigenvalue weighted by Gasteiger charge is 2.24. The number of aliphatic imine (C=N–C) groups is 1. The van der Waals surface area contributed by atoms with Crippen molar-refractivity contribution in [2.75, 3.05) is 0 Å². The number of nitrogens with zero attached hydrogens (tertiary/aromatic N) is 2. The zero-order chi connectivity index (χ0) is 16.9. The van der Waals surface area contributed by atoms with Crippen molar-refractivity contribution in [3.05, 3.63) is 53.5 Å². The van der Waals surface area contributed by atoms with Crippen LogP contribution in [0.2, 0.25) is 0 Å². The minimum Gasteiger partial charge on any atom is -0.343 e. The van der Waals surface area contributed by atoms with Crippen LogP contribution in [0.25, 0.3) is 6.08 Å². The van der Waals surface area contributed by atoms with E-state index in [0.717, 1.165) is 23.0 Å². The van der Waals surface area contributed by atoms with E-state index in [0.29, 0.717) is 5.92 Å². The number of rotatable bonds is 6. The van der Waals surface area contributed by atoms with Crippen LogP contribution in [-0.2, 0) is 0 Å². The molecule has 2 aromatic heterocycles. The van der Waals surface area contributed by atoms with Gasteiger partial charge in [0.05, 0.1) is 0 Å². The molecule has 1 N–H and O–H groups in total. The third-order valence-corrected chi connectivity index (χ3v) is 5.08. The highest BCUT2D eigenvalue weighted by molar-refractivity contribution is 5.67. The normalized spacial score (nSPS) is 16.8. The summed E-state index contributed by atoms with van der Waals surface area (Å²) in [6.45, 7) is 7.90. The van der Waals surface area contributed by atoms with Crippen LogP contribution in [-0.4, -0.2) is 16.2 Å². The van der Waals surface area contributed by atoms with Gasteiger partial charge in [-0.15, -0.1) is 0 Å². The van der Waals surface area contributed by atoms with Crippen molar-refractivity contribution < 1.29 is 0 Å². The number of aromatic amines is 1. The van der Waals surface area contributed by atoms with Gasteiger partial charge in [0, 0.05) is 35.3 Å². The van der Waals surface area contributed by atoms with Crippen LogP contribution in [0.5, 0.6) is 0 Å². The maximum Gasteiger partial charge on any atom is 0.137 e. The van der Waals surface area contributed by atoms with Crippen molar-refractivity contribution >= 4 is 18.1 Å². The molecule has 1 aliphatic rings. The van der Waals surface area contributed by atoms with Crippen molar-refractivity contribution in [3.8, 4) is 0 Å². The first-order chi connectivity index (χ1) is 11.7. The summed E-state index contributed by atoms with van der Waals surface area (Å²) in [5.41, 5.74) is 4.65. The van der Waals surface area contributed by atoms with E-state index in [1.165, 1.54) is 43.4 Å². The number of H-pyrrole nitrogens is 1. The van der Waals surface area contributed by atoms with Gasteiger partial charge in [0.1, 0.15) is 5.82 Å². The van der Waals surface area contributed by atoms with Crippen LogP contribution in [0.15, 0.2) is 36.0 Å². The Hall–Kier alpha value is -2.16. The lowest BCUT2D eigenvalue weighted by Gasteiger charge is -2.20. The molecule has 0 bridgehead atoms. The Morgan fingerprint density at radius 3 is 2.79 bits per heavy atom. The summed E-state index contributed by atoms with van der Waals surface area (Å²) in [7, 11) is 0. The number of nitrogens with one attached hydrogen (secondary N) is 1. The lowest BCUT2D eigenvalue weighted by atomic mass is 9.86. The van der Waals surface area contributed by atoms with Crippen LogP contribution in [0.1, 0.15) is 67.5 Å². The molecule has 0 aliphatic heterocycles. The van der Waals surface area contributed by atoms with Gasteiger partial charge in [-0.2, -0.15) is 0 Å². The molecule has 24 heavy (non-hydrogen) atoms. The van der Waals surface area contributed by atoms with Gasteiger partial charge in [0.15, 0.2) is 0 Å². The van der Waals surface area contributed by atoms with E-state index in [2.05, 4.69) is 39.7 Å². The molecule has 3 heteroatoms. The minimum absolute atomic E-state index is 0.348. The van der Waals surface area contributed by atoms with E-state index in [4.69, 9.17) is 0 Å². The van der Waals surface area contributed by atoms with Gasteiger partial charge in [-0.25, -0.2) is 4.99 Å². The SMILES string of the molecule is C=Cc1cc(C(CC2CCCC2)c2ccc(C)nc2)[nH]c1/N=C\C. The molecule has 1 unspecified atom stereocenters. The number of aromatic nitrogens is 2. The summed E-state index contributed by atoms with van der Waals surface area (Å²) in [5.74, 6) is 2.06. The van der Waals surface area contributed by atoms with Crippen LogP contribution >= 0.6 is 0 Å². The van der Waals surface area contributed by atoms with Gasteiger partial charge in [-0.3, -0.25) is 4.98 Å². The molecule has 0 radical (unpaired) electrons. The first kappa shape index (κ1) is 16.7. The van der Waals surface area contributed by atoms with E-state index >= 15 is 0 Å². The second kappa shape index (κ2) is 7.61. The average molecular weight is 321 g/mol. The number of pyridine rings is 1. The van der Waals surface area contributed by atoms with Crippen molar-refractivity contribution in [2.24, 2.45) is 10.9 Å². The first-order valence-electron chi connectivity index (χ1n) is 8.97. The summed E-state index contributed by atoms with van der Waals surface area (Å²) in [6, 6.07) is 6.54. The molecule has 0 amide bonds. The molecular weight excluding hydrogens is 294 g/mol.